The maximum Gasteiger partial charge on any atom is 0.244 e. The number of nitrogens with zero attached hydrogens (tertiary/aromatic N) is 1. The molecule has 7 heteroatoms. The minimum absolute atomic E-state index is 0.108. The Labute approximate surface area is 192 Å². The SMILES string of the molecule is COc1ccc(NC(=O)CN(Cc2ccc(Cl)cc2)C(=O)Cc2ccccc2)c(OC)c1. The lowest BCUT2D eigenvalue weighted by Crippen LogP contribution is -2.38. The first-order chi connectivity index (χ1) is 15.5. The van der Waals surface area contributed by atoms with Crippen LogP contribution >= 0.6 is 11.6 Å². The first-order valence-corrected chi connectivity index (χ1v) is 10.4. The maximum atomic E-state index is 13.1. The highest BCUT2D eigenvalue weighted by Crippen LogP contribution is 2.29. The normalized spacial score (nSPS) is 10.3. The van der Waals surface area contributed by atoms with Gasteiger partial charge >= 0.3 is 0 Å². The van der Waals surface area contributed by atoms with Crippen molar-refractivity contribution < 1.29 is 19.1 Å². The van der Waals surface area contributed by atoms with Crippen molar-refractivity contribution in [2.75, 3.05) is 26.1 Å². The van der Waals surface area contributed by atoms with Gasteiger partial charge in [-0.2, -0.15) is 0 Å². The van der Waals surface area contributed by atoms with Gasteiger partial charge in [0, 0.05) is 17.6 Å². The van der Waals surface area contributed by atoms with Gasteiger partial charge in [-0.25, -0.2) is 0 Å². The quantitative estimate of drug-likeness (QED) is 0.516. The van der Waals surface area contributed by atoms with E-state index in [0.717, 1.165) is 11.1 Å². The molecule has 3 aromatic carbocycles. The van der Waals surface area contributed by atoms with E-state index < -0.39 is 0 Å². The summed E-state index contributed by atoms with van der Waals surface area (Å²) in [4.78, 5) is 27.4. The number of hydrogen-bond acceptors (Lipinski definition) is 4. The second-order valence-corrected chi connectivity index (χ2v) is 7.59. The Hall–Kier alpha value is -3.51. The molecular formula is C25H25ClN2O4. The molecule has 0 fully saturated rings. The van der Waals surface area contributed by atoms with Crippen LogP contribution in [0.1, 0.15) is 11.1 Å². The van der Waals surface area contributed by atoms with Crippen LogP contribution in [0.15, 0.2) is 72.8 Å². The minimum atomic E-state index is -0.330. The predicted octanol–water partition coefficient (Wildman–Crippen LogP) is 4.57. The summed E-state index contributed by atoms with van der Waals surface area (Å²) in [7, 11) is 3.07. The molecule has 0 heterocycles. The van der Waals surface area contributed by atoms with E-state index in [1.807, 2.05) is 42.5 Å². The number of carbonyl (C=O) groups excluding carboxylic acids is 2. The second kappa shape index (κ2) is 11.2. The molecule has 0 aliphatic heterocycles. The van der Waals surface area contributed by atoms with E-state index in [4.69, 9.17) is 21.1 Å². The molecule has 0 saturated heterocycles. The first kappa shape index (κ1) is 23.2. The van der Waals surface area contributed by atoms with Crippen molar-refractivity contribution in [3.8, 4) is 11.5 Å². The average molecular weight is 453 g/mol. The molecule has 32 heavy (non-hydrogen) atoms. The summed E-state index contributed by atoms with van der Waals surface area (Å²) >= 11 is 5.98. The third-order valence-corrected chi connectivity index (χ3v) is 5.11. The molecule has 3 aromatic rings. The van der Waals surface area contributed by atoms with Crippen molar-refractivity contribution in [1.82, 2.24) is 4.90 Å². The first-order valence-electron chi connectivity index (χ1n) is 10.1. The number of carbonyl (C=O) groups is 2. The Morgan fingerprint density at radius 3 is 2.28 bits per heavy atom. The number of halogens is 1. The van der Waals surface area contributed by atoms with Crippen LogP contribution < -0.4 is 14.8 Å². The fourth-order valence-electron chi connectivity index (χ4n) is 3.19. The van der Waals surface area contributed by atoms with Crippen LogP contribution in [0, 0.1) is 0 Å². The zero-order chi connectivity index (χ0) is 22.9. The van der Waals surface area contributed by atoms with Crippen molar-refractivity contribution in [3.63, 3.8) is 0 Å². The van der Waals surface area contributed by atoms with Gasteiger partial charge in [0.25, 0.3) is 0 Å². The van der Waals surface area contributed by atoms with Gasteiger partial charge in [0.05, 0.1) is 26.3 Å². The number of amides is 2. The number of rotatable bonds is 9. The van der Waals surface area contributed by atoms with Crippen LogP contribution in [-0.4, -0.2) is 37.5 Å². The summed E-state index contributed by atoms with van der Waals surface area (Å²) < 4.78 is 10.5. The monoisotopic (exact) mass is 452 g/mol. The van der Waals surface area contributed by atoms with Crippen molar-refractivity contribution >= 4 is 29.1 Å². The zero-order valence-electron chi connectivity index (χ0n) is 18.0. The van der Waals surface area contributed by atoms with Crippen molar-refractivity contribution in [2.24, 2.45) is 0 Å². The standard InChI is InChI=1S/C25H25ClN2O4/c1-31-21-12-13-22(23(15-21)32-2)27-24(29)17-28(16-19-8-10-20(26)11-9-19)25(30)14-18-6-4-3-5-7-18/h3-13,15H,14,16-17H2,1-2H3,(H,27,29). The molecule has 0 aliphatic rings. The molecule has 166 valence electrons. The Balaban J connectivity index is 1.75. The van der Waals surface area contributed by atoms with E-state index in [-0.39, 0.29) is 31.3 Å². The van der Waals surface area contributed by atoms with E-state index >= 15 is 0 Å². The van der Waals surface area contributed by atoms with E-state index in [0.29, 0.717) is 22.2 Å². The lowest BCUT2D eigenvalue weighted by atomic mass is 10.1. The van der Waals surface area contributed by atoms with Crippen LogP contribution in [0.2, 0.25) is 5.02 Å². The summed E-state index contributed by atoms with van der Waals surface area (Å²) in [5.41, 5.74) is 2.27. The summed E-state index contributed by atoms with van der Waals surface area (Å²) in [6.07, 6.45) is 0.202. The van der Waals surface area contributed by atoms with Gasteiger partial charge in [-0.15, -0.1) is 0 Å². The Morgan fingerprint density at radius 1 is 0.906 bits per heavy atom. The van der Waals surface area contributed by atoms with Gasteiger partial charge in [-0.3, -0.25) is 9.59 Å². The summed E-state index contributed by atoms with van der Waals surface area (Å²) in [6.45, 7) is 0.180. The average Bonchev–Trinajstić information content (AvgIpc) is 2.81. The van der Waals surface area contributed by atoms with E-state index in [1.165, 1.54) is 12.0 Å². The molecule has 0 radical (unpaired) electrons. The van der Waals surface area contributed by atoms with E-state index in [2.05, 4.69) is 5.32 Å². The molecule has 0 saturated carbocycles. The zero-order valence-corrected chi connectivity index (χ0v) is 18.8. The van der Waals surface area contributed by atoms with Crippen LogP contribution in [0.3, 0.4) is 0 Å². The van der Waals surface area contributed by atoms with Gasteiger partial charge in [0.1, 0.15) is 18.0 Å². The van der Waals surface area contributed by atoms with Gasteiger partial charge in [-0.05, 0) is 35.4 Å². The number of benzene rings is 3. The molecular weight excluding hydrogens is 428 g/mol. The topological polar surface area (TPSA) is 67.9 Å². The highest BCUT2D eigenvalue weighted by molar-refractivity contribution is 6.30. The molecule has 3 rings (SSSR count). The molecule has 6 nitrogen and oxygen atoms in total. The number of ether oxygens (including phenoxy) is 2. The van der Waals surface area contributed by atoms with Gasteiger partial charge in [0.2, 0.25) is 11.8 Å². The third-order valence-electron chi connectivity index (χ3n) is 4.85. The number of methoxy groups -OCH3 is 2. The van der Waals surface area contributed by atoms with Crippen molar-refractivity contribution in [3.05, 3.63) is 88.9 Å². The fourth-order valence-corrected chi connectivity index (χ4v) is 3.32. The minimum Gasteiger partial charge on any atom is -0.497 e. The number of anilines is 1. The molecule has 1 N–H and O–H groups in total. The molecule has 0 unspecified atom stereocenters. The highest BCUT2D eigenvalue weighted by Gasteiger charge is 2.19. The summed E-state index contributed by atoms with van der Waals surface area (Å²) in [5, 5.41) is 3.43. The van der Waals surface area contributed by atoms with Crippen molar-refractivity contribution in [2.45, 2.75) is 13.0 Å². The maximum absolute atomic E-state index is 13.1. The second-order valence-electron chi connectivity index (χ2n) is 7.15. The lowest BCUT2D eigenvalue weighted by Gasteiger charge is -2.23. The van der Waals surface area contributed by atoms with Gasteiger partial charge in [0.15, 0.2) is 0 Å². The van der Waals surface area contributed by atoms with E-state index in [9.17, 15) is 9.59 Å². The fraction of sp³-hybridized carbons (Fsp3) is 0.200. The van der Waals surface area contributed by atoms with Crippen molar-refractivity contribution in [1.29, 1.82) is 0 Å². The molecule has 0 bridgehead atoms. The molecule has 2 amide bonds. The van der Waals surface area contributed by atoms with Crippen LogP contribution in [0.4, 0.5) is 5.69 Å². The smallest absolute Gasteiger partial charge is 0.244 e. The molecule has 0 aromatic heterocycles. The highest BCUT2D eigenvalue weighted by atomic mass is 35.5. The largest absolute Gasteiger partial charge is 0.497 e. The number of nitrogens with one attached hydrogen (secondary N) is 1. The molecule has 0 aliphatic carbocycles. The summed E-state index contributed by atoms with van der Waals surface area (Å²) in [5.74, 6) is 0.603. The number of hydrogen-bond donors (Lipinski definition) is 1. The van der Waals surface area contributed by atoms with Gasteiger partial charge in [-0.1, -0.05) is 54.1 Å². The van der Waals surface area contributed by atoms with Gasteiger partial charge < -0.3 is 19.7 Å². The molecule has 0 spiro atoms. The summed E-state index contributed by atoms with van der Waals surface area (Å²) in [6, 6.07) is 21.8. The predicted molar refractivity (Wildman–Crippen MR) is 125 cm³/mol. The van der Waals surface area contributed by atoms with Crippen LogP contribution in [0.25, 0.3) is 0 Å². The van der Waals surface area contributed by atoms with Crippen LogP contribution in [0.5, 0.6) is 11.5 Å². The van der Waals surface area contributed by atoms with Crippen LogP contribution in [-0.2, 0) is 22.6 Å². The van der Waals surface area contributed by atoms with E-state index in [1.54, 1.807) is 37.4 Å². The Morgan fingerprint density at radius 2 is 1.62 bits per heavy atom. The lowest BCUT2D eigenvalue weighted by molar-refractivity contribution is -0.134. The Bertz CT molecular complexity index is 1060. The third kappa shape index (κ3) is 6.49. The molecule has 0 atom stereocenters. The Kier molecular flexibility index (Phi) is 8.11.